The third-order valence-corrected chi connectivity index (χ3v) is 4.04. The van der Waals surface area contributed by atoms with Crippen molar-refractivity contribution in [1.29, 1.82) is 0 Å². The van der Waals surface area contributed by atoms with Crippen LogP contribution in [0.25, 0.3) is 0 Å². The number of aromatic nitrogens is 3. The molecule has 0 bridgehead atoms. The highest BCUT2D eigenvalue weighted by Crippen LogP contribution is 2.34. The fourth-order valence-corrected chi connectivity index (χ4v) is 3.04. The van der Waals surface area contributed by atoms with Gasteiger partial charge in [-0.25, -0.2) is 9.97 Å². The molecule has 1 aliphatic heterocycles. The van der Waals surface area contributed by atoms with Crippen LogP contribution in [0.15, 0.2) is 24.3 Å². The van der Waals surface area contributed by atoms with Crippen LogP contribution >= 0.6 is 0 Å². The molecular formula is C17H22N4. The van der Waals surface area contributed by atoms with Crippen molar-refractivity contribution in [2.45, 2.75) is 46.1 Å². The first-order valence-electron chi connectivity index (χ1n) is 7.72. The zero-order chi connectivity index (χ0) is 14.8. The third kappa shape index (κ3) is 2.89. The average molecular weight is 282 g/mol. The molecule has 1 saturated heterocycles. The Labute approximate surface area is 126 Å². The summed E-state index contributed by atoms with van der Waals surface area (Å²) in [5.74, 6) is 1.90. The molecule has 0 N–H and O–H groups in total. The van der Waals surface area contributed by atoms with Gasteiger partial charge in [0.1, 0.15) is 11.6 Å². The first-order chi connectivity index (χ1) is 10.2. The molecule has 3 rings (SSSR count). The standard InChI is InChI=1S/C17H22N4/c1-4-14-11-17(20-13(3)19-14)21-10-6-9-16(21)15-8-5-7-12(2)18-15/h5,7-8,11,16H,4,6,9-10H2,1-3H3. The fourth-order valence-electron chi connectivity index (χ4n) is 3.04. The summed E-state index contributed by atoms with van der Waals surface area (Å²) in [5, 5.41) is 0. The number of pyridine rings is 1. The first-order valence-corrected chi connectivity index (χ1v) is 7.72. The molecular weight excluding hydrogens is 260 g/mol. The molecule has 110 valence electrons. The molecule has 2 aromatic heterocycles. The average Bonchev–Trinajstić information content (AvgIpc) is 2.96. The number of aryl methyl sites for hydroxylation is 3. The molecule has 0 spiro atoms. The van der Waals surface area contributed by atoms with Gasteiger partial charge in [-0.3, -0.25) is 4.98 Å². The minimum Gasteiger partial charge on any atom is -0.348 e. The highest BCUT2D eigenvalue weighted by atomic mass is 15.2. The summed E-state index contributed by atoms with van der Waals surface area (Å²) in [6.07, 6.45) is 3.27. The maximum atomic E-state index is 4.71. The molecule has 2 aromatic rings. The zero-order valence-electron chi connectivity index (χ0n) is 13.0. The highest BCUT2D eigenvalue weighted by molar-refractivity contribution is 5.44. The van der Waals surface area contributed by atoms with Crippen LogP contribution in [-0.2, 0) is 6.42 Å². The van der Waals surface area contributed by atoms with Crippen molar-refractivity contribution in [2.75, 3.05) is 11.4 Å². The van der Waals surface area contributed by atoms with Crippen LogP contribution in [0.1, 0.15) is 48.7 Å². The predicted octanol–water partition coefficient (Wildman–Crippen LogP) is 3.39. The van der Waals surface area contributed by atoms with E-state index in [0.717, 1.165) is 48.1 Å². The van der Waals surface area contributed by atoms with Gasteiger partial charge in [0.2, 0.25) is 0 Å². The first kappa shape index (κ1) is 14.0. The van der Waals surface area contributed by atoms with Crippen molar-refractivity contribution in [1.82, 2.24) is 15.0 Å². The summed E-state index contributed by atoms with van der Waals surface area (Å²) in [6.45, 7) is 7.19. The topological polar surface area (TPSA) is 41.9 Å². The third-order valence-electron chi connectivity index (χ3n) is 4.04. The SMILES string of the molecule is CCc1cc(N2CCCC2c2cccc(C)n2)nc(C)n1. The van der Waals surface area contributed by atoms with Gasteiger partial charge in [-0.1, -0.05) is 13.0 Å². The molecule has 4 heteroatoms. The zero-order valence-corrected chi connectivity index (χ0v) is 13.0. The largest absolute Gasteiger partial charge is 0.348 e. The van der Waals surface area contributed by atoms with E-state index in [9.17, 15) is 0 Å². The van der Waals surface area contributed by atoms with Crippen molar-refractivity contribution in [3.05, 3.63) is 47.2 Å². The molecule has 1 atom stereocenters. The lowest BCUT2D eigenvalue weighted by atomic mass is 10.1. The summed E-state index contributed by atoms with van der Waals surface area (Å²) in [5.41, 5.74) is 3.34. The predicted molar refractivity (Wildman–Crippen MR) is 84.4 cm³/mol. The Hall–Kier alpha value is -1.97. The van der Waals surface area contributed by atoms with Gasteiger partial charge >= 0.3 is 0 Å². The molecule has 0 amide bonds. The Morgan fingerprint density at radius 1 is 1.19 bits per heavy atom. The fraction of sp³-hybridized carbons (Fsp3) is 0.471. The number of hydrogen-bond acceptors (Lipinski definition) is 4. The smallest absolute Gasteiger partial charge is 0.133 e. The Balaban J connectivity index is 1.95. The van der Waals surface area contributed by atoms with E-state index < -0.39 is 0 Å². The van der Waals surface area contributed by atoms with Gasteiger partial charge in [0.05, 0.1) is 11.7 Å². The molecule has 1 fully saturated rings. The van der Waals surface area contributed by atoms with Crippen LogP contribution in [0.4, 0.5) is 5.82 Å². The lowest BCUT2D eigenvalue weighted by molar-refractivity contribution is 0.681. The van der Waals surface area contributed by atoms with Gasteiger partial charge in [-0.05, 0) is 45.2 Å². The van der Waals surface area contributed by atoms with Crippen LogP contribution in [0.5, 0.6) is 0 Å². The van der Waals surface area contributed by atoms with Gasteiger partial charge < -0.3 is 4.90 Å². The van der Waals surface area contributed by atoms with E-state index >= 15 is 0 Å². The Bertz CT molecular complexity index is 638. The molecule has 1 aliphatic rings. The van der Waals surface area contributed by atoms with Crippen molar-refractivity contribution in [3.8, 4) is 0 Å². The minimum absolute atomic E-state index is 0.337. The molecule has 4 nitrogen and oxygen atoms in total. The van der Waals surface area contributed by atoms with Crippen molar-refractivity contribution < 1.29 is 0 Å². The number of nitrogens with zero attached hydrogens (tertiary/aromatic N) is 4. The van der Waals surface area contributed by atoms with E-state index in [-0.39, 0.29) is 0 Å². The number of rotatable bonds is 3. The maximum absolute atomic E-state index is 4.71. The van der Waals surface area contributed by atoms with Gasteiger partial charge in [0, 0.05) is 24.0 Å². The summed E-state index contributed by atoms with van der Waals surface area (Å²) in [4.78, 5) is 16.2. The molecule has 0 aliphatic carbocycles. The van der Waals surface area contributed by atoms with E-state index in [1.54, 1.807) is 0 Å². The van der Waals surface area contributed by atoms with E-state index in [4.69, 9.17) is 4.98 Å². The van der Waals surface area contributed by atoms with E-state index in [1.165, 1.54) is 6.42 Å². The Morgan fingerprint density at radius 2 is 2.05 bits per heavy atom. The highest BCUT2D eigenvalue weighted by Gasteiger charge is 2.28. The second-order valence-electron chi connectivity index (χ2n) is 5.67. The Morgan fingerprint density at radius 3 is 2.81 bits per heavy atom. The summed E-state index contributed by atoms with van der Waals surface area (Å²) >= 11 is 0. The second kappa shape index (κ2) is 5.80. The number of hydrogen-bond donors (Lipinski definition) is 0. The van der Waals surface area contributed by atoms with Gasteiger partial charge in [0.25, 0.3) is 0 Å². The quantitative estimate of drug-likeness (QED) is 0.865. The lowest BCUT2D eigenvalue weighted by Gasteiger charge is -2.26. The van der Waals surface area contributed by atoms with Crippen LogP contribution in [0.2, 0.25) is 0 Å². The van der Waals surface area contributed by atoms with Crippen LogP contribution in [0, 0.1) is 13.8 Å². The number of anilines is 1. The Kier molecular flexibility index (Phi) is 3.86. The van der Waals surface area contributed by atoms with E-state index in [0.29, 0.717) is 6.04 Å². The van der Waals surface area contributed by atoms with Crippen LogP contribution < -0.4 is 4.90 Å². The monoisotopic (exact) mass is 282 g/mol. The van der Waals surface area contributed by atoms with Crippen LogP contribution in [-0.4, -0.2) is 21.5 Å². The van der Waals surface area contributed by atoms with Gasteiger partial charge in [-0.15, -0.1) is 0 Å². The maximum Gasteiger partial charge on any atom is 0.133 e. The summed E-state index contributed by atoms with van der Waals surface area (Å²) < 4.78 is 0. The van der Waals surface area contributed by atoms with Crippen molar-refractivity contribution in [3.63, 3.8) is 0 Å². The molecule has 1 unspecified atom stereocenters. The normalized spacial score (nSPS) is 18.2. The van der Waals surface area contributed by atoms with Crippen LogP contribution in [0.3, 0.4) is 0 Å². The van der Waals surface area contributed by atoms with Crippen molar-refractivity contribution >= 4 is 5.82 Å². The van der Waals surface area contributed by atoms with Gasteiger partial charge in [-0.2, -0.15) is 0 Å². The summed E-state index contributed by atoms with van der Waals surface area (Å²) in [6, 6.07) is 8.74. The van der Waals surface area contributed by atoms with E-state index in [2.05, 4.69) is 40.0 Å². The minimum atomic E-state index is 0.337. The van der Waals surface area contributed by atoms with E-state index in [1.807, 2.05) is 19.9 Å². The molecule has 21 heavy (non-hydrogen) atoms. The second-order valence-corrected chi connectivity index (χ2v) is 5.67. The lowest BCUT2D eigenvalue weighted by Crippen LogP contribution is -2.25. The van der Waals surface area contributed by atoms with Gasteiger partial charge in [0.15, 0.2) is 0 Å². The molecule has 3 heterocycles. The van der Waals surface area contributed by atoms with Crippen molar-refractivity contribution in [2.24, 2.45) is 0 Å². The molecule has 0 aromatic carbocycles. The summed E-state index contributed by atoms with van der Waals surface area (Å²) in [7, 11) is 0. The molecule has 0 saturated carbocycles. The molecule has 0 radical (unpaired) electrons.